The first-order valence-corrected chi connectivity index (χ1v) is 11.6. The molecule has 2 saturated heterocycles. The van der Waals surface area contributed by atoms with Crippen LogP contribution < -0.4 is 14.5 Å². The summed E-state index contributed by atoms with van der Waals surface area (Å²) in [6.07, 6.45) is 5.99. The minimum Gasteiger partial charge on any atom is -0.489 e. The van der Waals surface area contributed by atoms with Crippen LogP contribution in [0.4, 0.5) is 11.8 Å². The molecule has 172 valence electrons. The zero-order chi connectivity index (χ0) is 22.5. The number of ether oxygens (including phenoxy) is 2. The molecule has 0 unspecified atom stereocenters. The van der Waals surface area contributed by atoms with Gasteiger partial charge in [-0.05, 0) is 49.4 Å². The highest BCUT2D eigenvalue weighted by Gasteiger charge is 2.26. The molecule has 32 heavy (non-hydrogen) atoms. The minimum atomic E-state index is 0.124. The predicted octanol–water partition coefficient (Wildman–Crippen LogP) is 3.83. The summed E-state index contributed by atoms with van der Waals surface area (Å²) in [6, 6.07) is 10.1. The largest absolute Gasteiger partial charge is 0.489 e. The number of anilines is 2. The summed E-state index contributed by atoms with van der Waals surface area (Å²) in [4.78, 5) is 25.0. The van der Waals surface area contributed by atoms with Crippen molar-refractivity contribution < 1.29 is 14.3 Å². The number of ketones is 1. The molecular formula is C25H34N4O3. The van der Waals surface area contributed by atoms with Gasteiger partial charge in [-0.3, -0.25) is 0 Å². The lowest BCUT2D eigenvalue weighted by Gasteiger charge is -2.23. The number of Topliss-reactive ketones (excluding diaryl/α,β-unsaturated/α-hetero) is 1. The summed E-state index contributed by atoms with van der Waals surface area (Å²) in [7, 11) is 2.03. The summed E-state index contributed by atoms with van der Waals surface area (Å²) in [6.45, 7) is 7.10. The number of nitrogens with zero attached hydrogens (tertiary/aromatic N) is 4. The van der Waals surface area contributed by atoms with Crippen LogP contribution >= 0.6 is 0 Å². The minimum absolute atomic E-state index is 0.124. The van der Waals surface area contributed by atoms with Crippen LogP contribution in [0.15, 0.2) is 36.5 Å². The third-order valence-corrected chi connectivity index (χ3v) is 6.29. The molecule has 2 aromatic rings. The van der Waals surface area contributed by atoms with Crippen molar-refractivity contribution in [1.82, 2.24) is 9.97 Å². The maximum Gasteiger partial charge on any atom is 0.227 e. The third kappa shape index (κ3) is 5.76. The molecule has 2 fully saturated rings. The van der Waals surface area contributed by atoms with Crippen molar-refractivity contribution in [2.24, 2.45) is 0 Å². The smallest absolute Gasteiger partial charge is 0.227 e. The monoisotopic (exact) mass is 438 g/mol. The van der Waals surface area contributed by atoms with E-state index in [1.807, 2.05) is 31.4 Å². The van der Waals surface area contributed by atoms with Crippen molar-refractivity contribution in [1.29, 1.82) is 0 Å². The summed E-state index contributed by atoms with van der Waals surface area (Å²) in [5.74, 6) is 2.99. The molecule has 1 aromatic carbocycles. The number of carbonyl (C=O) groups is 1. The fourth-order valence-corrected chi connectivity index (χ4v) is 4.52. The van der Waals surface area contributed by atoms with Gasteiger partial charge in [0.2, 0.25) is 5.95 Å². The maximum absolute atomic E-state index is 11.4. The molecule has 7 nitrogen and oxygen atoms in total. The highest BCUT2D eigenvalue weighted by atomic mass is 16.5. The second-order valence-corrected chi connectivity index (χ2v) is 9.08. The number of benzene rings is 1. The highest BCUT2D eigenvalue weighted by molar-refractivity contribution is 5.76. The Morgan fingerprint density at radius 3 is 2.81 bits per heavy atom. The van der Waals surface area contributed by atoms with Crippen molar-refractivity contribution in [3.63, 3.8) is 0 Å². The zero-order valence-corrected chi connectivity index (χ0v) is 19.4. The number of rotatable bonds is 9. The number of carbonyl (C=O) groups excluding carboxylic acids is 1. The molecule has 0 aliphatic carbocycles. The number of hydrogen-bond acceptors (Lipinski definition) is 7. The Bertz CT molecular complexity index is 898. The molecule has 0 N–H and O–H groups in total. The molecule has 0 spiro atoms. The summed E-state index contributed by atoms with van der Waals surface area (Å²) in [5.41, 5.74) is 1.17. The summed E-state index contributed by atoms with van der Waals surface area (Å²) in [5, 5.41) is 0. The van der Waals surface area contributed by atoms with Gasteiger partial charge in [-0.15, -0.1) is 0 Å². The van der Waals surface area contributed by atoms with Crippen LogP contribution in [-0.2, 0) is 9.53 Å². The Morgan fingerprint density at radius 1 is 1.28 bits per heavy atom. The first-order chi connectivity index (χ1) is 15.5. The van der Waals surface area contributed by atoms with Crippen LogP contribution in [0, 0.1) is 0 Å². The molecule has 2 aliphatic rings. The number of hydrogen-bond donors (Lipinski definition) is 0. The first kappa shape index (κ1) is 22.5. The van der Waals surface area contributed by atoms with Gasteiger partial charge in [0.25, 0.3) is 0 Å². The predicted molar refractivity (Wildman–Crippen MR) is 126 cm³/mol. The standard InChI is InChI=1S/C25H34N4O3/c1-18(15-19(2)30)20-6-8-21(9-7-20)32-23-11-13-29(17-23)24-10-12-26-25(27-24)28(3)16-22-5-4-14-31-22/h6-10,12,18,22-23H,4-5,11,13-17H2,1-3H3/t18-,22+,23-/m1/s1. The van der Waals surface area contributed by atoms with E-state index in [1.165, 1.54) is 5.56 Å². The second-order valence-electron chi connectivity index (χ2n) is 9.08. The average Bonchev–Trinajstić information content (AvgIpc) is 3.46. The quantitative estimate of drug-likeness (QED) is 0.589. The normalized spacial score (nSPS) is 21.5. The lowest BCUT2D eigenvalue weighted by molar-refractivity contribution is -0.117. The van der Waals surface area contributed by atoms with Crippen molar-refractivity contribution in [2.75, 3.05) is 43.1 Å². The first-order valence-electron chi connectivity index (χ1n) is 11.6. The molecule has 0 amide bonds. The van der Waals surface area contributed by atoms with Gasteiger partial charge < -0.3 is 24.1 Å². The van der Waals surface area contributed by atoms with Crippen molar-refractivity contribution in [2.45, 2.75) is 57.7 Å². The topological polar surface area (TPSA) is 67.8 Å². The van der Waals surface area contributed by atoms with Gasteiger partial charge in [0.1, 0.15) is 23.5 Å². The van der Waals surface area contributed by atoms with E-state index >= 15 is 0 Å². The van der Waals surface area contributed by atoms with Crippen molar-refractivity contribution in [3.05, 3.63) is 42.1 Å². The van der Waals surface area contributed by atoms with E-state index in [-0.39, 0.29) is 23.9 Å². The van der Waals surface area contributed by atoms with E-state index in [2.05, 4.69) is 33.8 Å². The van der Waals surface area contributed by atoms with E-state index in [1.54, 1.807) is 6.92 Å². The van der Waals surface area contributed by atoms with E-state index in [0.717, 1.165) is 63.0 Å². The Labute approximate surface area is 190 Å². The van der Waals surface area contributed by atoms with E-state index in [0.29, 0.717) is 6.42 Å². The van der Waals surface area contributed by atoms with Gasteiger partial charge in [0.05, 0.1) is 12.6 Å². The number of likely N-dealkylation sites (N-methyl/N-ethyl adjacent to an activating group) is 1. The molecule has 0 saturated carbocycles. The van der Waals surface area contributed by atoms with Gasteiger partial charge in [0, 0.05) is 45.8 Å². The third-order valence-electron chi connectivity index (χ3n) is 6.29. The maximum atomic E-state index is 11.4. The highest BCUT2D eigenvalue weighted by Crippen LogP contribution is 2.26. The van der Waals surface area contributed by atoms with Gasteiger partial charge in [-0.25, -0.2) is 4.98 Å². The summed E-state index contributed by atoms with van der Waals surface area (Å²) >= 11 is 0. The molecule has 3 atom stereocenters. The van der Waals surface area contributed by atoms with Crippen LogP contribution in [0.25, 0.3) is 0 Å². The van der Waals surface area contributed by atoms with Gasteiger partial charge in [-0.1, -0.05) is 19.1 Å². The zero-order valence-electron chi connectivity index (χ0n) is 19.4. The van der Waals surface area contributed by atoms with Gasteiger partial charge in [0.15, 0.2) is 0 Å². The van der Waals surface area contributed by atoms with E-state index in [9.17, 15) is 4.79 Å². The second kappa shape index (κ2) is 10.3. The van der Waals surface area contributed by atoms with Crippen LogP contribution in [-0.4, -0.2) is 61.2 Å². The average molecular weight is 439 g/mol. The van der Waals surface area contributed by atoms with Crippen LogP contribution in [0.2, 0.25) is 0 Å². The van der Waals surface area contributed by atoms with Crippen molar-refractivity contribution >= 4 is 17.5 Å². The lowest BCUT2D eigenvalue weighted by atomic mass is 9.96. The molecule has 1 aromatic heterocycles. The molecule has 0 radical (unpaired) electrons. The van der Waals surface area contributed by atoms with Gasteiger partial charge in [-0.2, -0.15) is 4.98 Å². The fraction of sp³-hybridized carbons (Fsp3) is 0.560. The summed E-state index contributed by atoms with van der Waals surface area (Å²) < 4.78 is 12.0. The SMILES string of the molecule is CC(=O)C[C@@H](C)c1ccc(O[C@@H]2CCN(c3ccnc(N(C)C[C@@H]4CCCO4)n3)C2)cc1. The Kier molecular flexibility index (Phi) is 7.25. The lowest BCUT2D eigenvalue weighted by Crippen LogP contribution is -2.31. The number of aromatic nitrogens is 2. The van der Waals surface area contributed by atoms with E-state index in [4.69, 9.17) is 14.5 Å². The van der Waals surface area contributed by atoms with Crippen LogP contribution in [0.5, 0.6) is 5.75 Å². The molecule has 0 bridgehead atoms. The molecule has 4 rings (SSSR count). The Morgan fingerprint density at radius 2 is 2.09 bits per heavy atom. The van der Waals surface area contributed by atoms with Crippen LogP contribution in [0.3, 0.4) is 0 Å². The fourth-order valence-electron chi connectivity index (χ4n) is 4.52. The molecular weight excluding hydrogens is 404 g/mol. The molecule has 2 aliphatic heterocycles. The Balaban J connectivity index is 1.32. The van der Waals surface area contributed by atoms with Crippen LogP contribution in [0.1, 0.15) is 51.0 Å². The van der Waals surface area contributed by atoms with E-state index < -0.39 is 0 Å². The van der Waals surface area contributed by atoms with Gasteiger partial charge >= 0.3 is 0 Å². The Hall–Kier alpha value is -2.67. The molecule has 7 heteroatoms. The van der Waals surface area contributed by atoms with Crippen molar-refractivity contribution in [3.8, 4) is 5.75 Å². The molecule has 3 heterocycles.